The van der Waals surface area contributed by atoms with Gasteiger partial charge in [-0.05, 0) is 53.8 Å². The number of benzene rings is 2. The molecule has 0 fully saturated rings. The third-order valence-electron chi connectivity index (χ3n) is 3.32. The second kappa shape index (κ2) is 6.67. The standard InChI is InChI=1S/C18H22FN/c1-13(2)9-14-5-4-6-15(10-14)18-8-7-17(19)11-16(18)12-20-3/h4-8,10-11,13,20H,9,12H2,1-3H3. The van der Waals surface area contributed by atoms with Gasteiger partial charge in [-0.25, -0.2) is 4.39 Å². The van der Waals surface area contributed by atoms with E-state index in [4.69, 9.17) is 0 Å². The van der Waals surface area contributed by atoms with Crippen LogP contribution in [0.1, 0.15) is 25.0 Å². The monoisotopic (exact) mass is 271 g/mol. The van der Waals surface area contributed by atoms with Crippen LogP contribution in [-0.4, -0.2) is 7.05 Å². The third-order valence-corrected chi connectivity index (χ3v) is 3.32. The highest BCUT2D eigenvalue weighted by molar-refractivity contribution is 5.68. The molecule has 0 spiro atoms. The Balaban J connectivity index is 2.40. The van der Waals surface area contributed by atoms with E-state index < -0.39 is 0 Å². The molecule has 0 aromatic heterocycles. The van der Waals surface area contributed by atoms with E-state index in [2.05, 4.69) is 43.4 Å². The van der Waals surface area contributed by atoms with E-state index >= 15 is 0 Å². The summed E-state index contributed by atoms with van der Waals surface area (Å²) in [6.45, 7) is 5.11. The van der Waals surface area contributed by atoms with Crippen molar-refractivity contribution in [2.75, 3.05) is 7.05 Å². The second-order valence-corrected chi connectivity index (χ2v) is 5.63. The first-order valence-electron chi connectivity index (χ1n) is 7.12. The van der Waals surface area contributed by atoms with Crippen LogP contribution in [0.4, 0.5) is 4.39 Å². The first-order valence-corrected chi connectivity index (χ1v) is 7.12. The minimum Gasteiger partial charge on any atom is -0.316 e. The average Bonchev–Trinajstić information content (AvgIpc) is 2.39. The first kappa shape index (κ1) is 14.7. The lowest BCUT2D eigenvalue weighted by molar-refractivity contribution is 0.624. The molecule has 0 radical (unpaired) electrons. The summed E-state index contributed by atoms with van der Waals surface area (Å²) in [5, 5.41) is 3.10. The Morgan fingerprint density at radius 3 is 2.60 bits per heavy atom. The first-order chi connectivity index (χ1) is 9.60. The molecule has 2 aromatic carbocycles. The molecule has 106 valence electrons. The molecule has 0 aliphatic carbocycles. The summed E-state index contributed by atoms with van der Waals surface area (Å²) in [6, 6.07) is 13.6. The van der Waals surface area contributed by atoms with Gasteiger partial charge in [0, 0.05) is 6.54 Å². The van der Waals surface area contributed by atoms with Crippen LogP contribution in [0.25, 0.3) is 11.1 Å². The van der Waals surface area contributed by atoms with Crippen LogP contribution in [-0.2, 0) is 13.0 Å². The minimum absolute atomic E-state index is 0.183. The fraction of sp³-hybridized carbons (Fsp3) is 0.333. The molecular weight excluding hydrogens is 249 g/mol. The number of halogens is 1. The third kappa shape index (κ3) is 3.67. The van der Waals surface area contributed by atoms with Crippen molar-refractivity contribution < 1.29 is 4.39 Å². The number of hydrogen-bond acceptors (Lipinski definition) is 1. The molecule has 0 atom stereocenters. The highest BCUT2D eigenvalue weighted by Crippen LogP contribution is 2.26. The summed E-state index contributed by atoms with van der Waals surface area (Å²) in [4.78, 5) is 0. The molecule has 1 nitrogen and oxygen atoms in total. The maximum absolute atomic E-state index is 13.4. The van der Waals surface area contributed by atoms with Crippen LogP contribution in [0.15, 0.2) is 42.5 Å². The van der Waals surface area contributed by atoms with Gasteiger partial charge >= 0.3 is 0 Å². The van der Waals surface area contributed by atoms with Gasteiger partial charge in [0.15, 0.2) is 0 Å². The fourth-order valence-corrected chi connectivity index (χ4v) is 2.52. The molecule has 0 saturated carbocycles. The van der Waals surface area contributed by atoms with Crippen LogP contribution in [0, 0.1) is 11.7 Å². The van der Waals surface area contributed by atoms with Crippen molar-refractivity contribution in [1.29, 1.82) is 0 Å². The molecule has 0 aliphatic rings. The molecule has 1 N–H and O–H groups in total. The molecule has 0 amide bonds. The Hall–Kier alpha value is -1.67. The van der Waals surface area contributed by atoms with Crippen molar-refractivity contribution in [3.8, 4) is 11.1 Å². The quantitative estimate of drug-likeness (QED) is 0.849. The zero-order chi connectivity index (χ0) is 14.5. The van der Waals surface area contributed by atoms with E-state index in [-0.39, 0.29) is 5.82 Å². The van der Waals surface area contributed by atoms with Crippen LogP contribution < -0.4 is 5.32 Å². The summed E-state index contributed by atoms with van der Waals surface area (Å²) in [7, 11) is 1.88. The summed E-state index contributed by atoms with van der Waals surface area (Å²) in [5.41, 5.74) is 4.59. The van der Waals surface area contributed by atoms with E-state index in [1.54, 1.807) is 6.07 Å². The van der Waals surface area contributed by atoms with Gasteiger partial charge < -0.3 is 5.32 Å². The molecule has 0 saturated heterocycles. The number of nitrogens with one attached hydrogen (secondary N) is 1. The highest BCUT2D eigenvalue weighted by Gasteiger charge is 2.07. The van der Waals surface area contributed by atoms with Crippen molar-refractivity contribution >= 4 is 0 Å². The zero-order valence-electron chi connectivity index (χ0n) is 12.4. The van der Waals surface area contributed by atoms with E-state index in [1.807, 2.05) is 13.1 Å². The minimum atomic E-state index is -0.183. The topological polar surface area (TPSA) is 12.0 Å². The van der Waals surface area contributed by atoms with Crippen molar-refractivity contribution in [2.45, 2.75) is 26.8 Å². The van der Waals surface area contributed by atoms with Gasteiger partial charge in [0.2, 0.25) is 0 Å². The van der Waals surface area contributed by atoms with E-state index in [1.165, 1.54) is 11.6 Å². The van der Waals surface area contributed by atoms with Crippen molar-refractivity contribution in [1.82, 2.24) is 5.32 Å². The Labute approximate surface area is 120 Å². The average molecular weight is 271 g/mol. The lowest BCUT2D eigenvalue weighted by atomic mass is 9.95. The van der Waals surface area contributed by atoms with Crippen molar-refractivity contribution in [2.24, 2.45) is 5.92 Å². The Bertz CT molecular complexity index is 575. The zero-order valence-corrected chi connectivity index (χ0v) is 12.4. The van der Waals surface area contributed by atoms with Gasteiger partial charge in [-0.1, -0.05) is 44.2 Å². The van der Waals surface area contributed by atoms with Crippen molar-refractivity contribution in [3.63, 3.8) is 0 Å². The maximum atomic E-state index is 13.4. The predicted molar refractivity (Wildman–Crippen MR) is 83.1 cm³/mol. The Morgan fingerprint density at radius 2 is 1.90 bits per heavy atom. The van der Waals surface area contributed by atoms with Gasteiger partial charge in [-0.3, -0.25) is 0 Å². The van der Waals surface area contributed by atoms with Crippen LogP contribution in [0.5, 0.6) is 0 Å². The lowest BCUT2D eigenvalue weighted by Gasteiger charge is -2.12. The van der Waals surface area contributed by atoms with Crippen LogP contribution in [0.2, 0.25) is 0 Å². The summed E-state index contributed by atoms with van der Waals surface area (Å²) in [5.74, 6) is 0.451. The summed E-state index contributed by atoms with van der Waals surface area (Å²) >= 11 is 0. The molecular formula is C18H22FN. The molecule has 2 heteroatoms. The van der Waals surface area contributed by atoms with Gasteiger partial charge in [0.25, 0.3) is 0 Å². The molecule has 20 heavy (non-hydrogen) atoms. The van der Waals surface area contributed by atoms with Crippen molar-refractivity contribution in [3.05, 3.63) is 59.4 Å². The Kier molecular flexibility index (Phi) is 4.91. The van der Waals surface area contributed by atoms with Gasteiger partial charge in [0.1, 0.15) is 5.82 Å². The SMILES string of the molecule is CNCc1cc(F)ccc1-c1cccc(CC(C)C)c1. The second-order valence-electron chi connectivity index (χ2n) is 5.63. The molecule has 0 aliphatic heterocycles. The lowest BCUT2D eigenvalue weighted by Crippen LogP contribution is -2.07. The molecule has 0 heterocycles. The Morgan fingerprint density at radius 1 is 1.10 bits per heavy atom. The number of hydrogen-bond donors (Lipinski definition) is 1. The number of rotatable bonds is 5. The highest BCUT2D eigenvalue weighted by atomic mass is 19.1. The van der Waals surface area contributed by atoms with Gasteiger partial charge in [-0.2, -0.15) is 0 Å². The maximum Gasteiger partial charge on any atom is 0.123 e. The largest absolute Gasteiger partial charge is 0.316 e. The molecule has 2 aromatic rings. The smallest absolute Gasteiger partial charge is 0.123 e. The van der Waals surface area contributed by atoms with E-state index in [9.17, 15) is 4.39 Å². The summed E-state index contributed by atoms with van der Waals surface area (Å²) < 4.78 is 13.4. The fourth-order valence-electron chi connectivity index (χ4n) is 2.52. The van der Waals surface area contributed by atoms with Crippen LogP contribution >= 0.6 is 0 Å². The van der Waals surface area contributed by atoms with E-state index in [0.717, 1.165) is 23.1 Å². The van der Waals surface area contributed by atoms with Gasteiger partial charge in [0.05, 0.1) is 0 Å². The summed E-state index contributed by atoms with van der Waals surface area (Å²) in [6.07, 6.45) is 1.07. The predicted octanol–water partition coefficient (Wildman–Crippen LogP) is 4.41. The van der Waals surface area contributed by atoms with Crippen LogP contribution in [0.3, 0.4) is 0 Å². The van der Waals surface area contributed by atoms with E-state index in [0.29, 0.717) is 12.5 Å². The normalized spacial score (nSPS) is 11.1. The molecule has 2 rings (SSSR count). The molecule has 0 bridgehead atoms. The molecule has 0 unspecified atom stereocenters. The van der Waals surface area contributed by atoms with Gasteiger partial charge in [-0.15, -0.1) is 0 Å².